The minimum absolute atomic E-state index is 0.667. The highest BCUT2D eigenvalue weighted by Crippen LogP contribution is 2.29. The molecule has 1 atom stereocenters. The van der Waals surface area contributed by atoms with Crippen LogP contribution >= 0.6 is 11.8 Å². The van der Waals surface area contributed by atoms with Gasteiger partial charge in [0, 0.05) is 24.1 Å². The maximum Gasteiger partial charge on any atom is 0.0422 e. The molecule has 0 bridgehead atoms. The molecule has 0 saturated carbocycles. The van der Waals surface area contributed by atoms with Gasteiger partial charge in [-0.3, -0.25) is 0 Å². The van der Waals surface area contributed by atoms with E-state index in [0.717, 1.165) is 13.1 Å². The van der Waals surface area contributed by atoms with E-state index in [2.05, 4.69) is 47.4 Å². The Hall–Kier alpha value is -0.470. The highest BCUT2D eigenvalue weighted by Gasteiger charge is 2.14. The third kappa shape index (κ3) is 1.82. The molecular weight excluding hydrogens is 166 g/mol. The topological polar surface area (TPSA) is 12.0 Å². The van der Waals surface area contributed by atoms with Gasteiger partial charge in [0.05, 0.1) is 0 Å². The molecule has 2 rings (SSSR count). The van der Waals surface area contributed by atoms with Crippen LogP contribution in [0.5, 0.6) is 0 Å². The fourth-order valence-corrected chi connectivity index (χ4v) is 2.58. The van der Waals surface area contributed by atoms with Crippen molar-refractivity contribution in [2.75, 3.05) is 18.8 Å². The van der Waals surface area contributed by atoms with Crippen LogP contribution in [0.4, 0.5) is 0 Å². The van der Waals surface area contributed by atoms with Crippen LogP contribution in [0.15, 0.2) is 30.3 Å². The SMILES string of the molecule is c1ccc([C@H]2CNCCS2)cc1. The minimum atomic E-state index is 0.667. The summed E-state index contributed by atoms with van der Waals surface area (Å²) in [4.78, 5) is 0. The summed E-state index contributed by atoms with van der Waals surface area (Å²) < 4.78 is 0. The summed E-state index contributed by atoms with van der Waals surface area (Å²) >= 11 is 2.05. The Balaban J connectivity index is 2.08. The lowest BCUT2D eigenvalue weighted by Gasteiger charge is -2.22. The summed E-state index contributed by atoms with van der Waals surface area (Å²) in [5.74, 6) is 1.24. The summed E-state index contributed by atoms with van der Waals surface area (Å²) in [5, 5.41) is 4.08. The van der Waals surface area contributed by atoms with Crippen LogP contribution in [-0.2, 0) is 0 Å². The molecule has 1 heterocycles. The summed E-state index contributed by atoms with van der Waals surface area (Å²) in [6, 6.07) is 10.7. The molecule has 2 heteroatoms. The smallest absolute Gasteiger partial charge is 0.0422 e. The van der Waals surface area contributed by atoms with Gasteiger partial charge in [0.15, 0.2) is 0 Å². The van der Waals surface area contributed by atoms with Crippen molar-refractivity contribution in [3.63, 3.8) is 0 Å². The Kier molecular flexibility index (Phi) is 2.69. The van der Waals surface area contributed by atoms with Crippen molar-refractivity contribution >= 4 is 11.8 Å². The Labute approximate surface area is 77.6 Å². The first kappa shape index (κ1) is 8.14. The molecule has 1 saturated heterocycles. The van der Waals surface area contributed by atoms with E-state index < -0.39 is 0 Å². The van der Waals surface area contributed by atoms with Crippen molar-refractivity contribution < 1.29 is 0 Å². The Bertz CT molecular complexity index is 229. The van der Waals surface area contributed by atoms with E-state index in [4.69, 9.17) is 0 Å². The molecule has 1 nitrogen and oxygen atoms in total. The number of nitrogens with one attached hydrogen (secondary N) is 1. The second-order valence-electron chi connectivity index (χ2n) is 2.97. The van der Waals surface area contributed by atoms with Gasteiger partial charge in [-0.15, -0.1) is 0 Å². The zero-order valence-corrected chi connectivity index (χ0v) is 7.81. The van der Waals surface area contributed by atoms with Crippen molar-refractivity contribution in [2.45, 2.75) is 5.25 Å². The molecule has 12 heavy (non-hydrogen) atoms. The molecule has 1 aromatic carbocycles. The maximum absolute atomic E-state index is 3.41. The molecule has 1 N–H and O–H groups in total. The number of benzene rings is 1. The second kappa shape index (κ2) is 3.97. The van der Waals surface area contributed by atoms with Gasteiger partial charge in [-0.25, -0.2) is 0 Å². The maximum atomic E-state index is 3.41. The quantitative estimate of drug-likeness (QED) is 0.708. The van der Waals surface area contributed by atoms with Crippen LogP contribution in [0.1, 0.15) is 10.8 Å². The Morgan fingerprint density at radius 3 is 2.75 bits per heavy atom. The predicted molar refractivity (Wildman–Crippen MR) is 54.5 cm³/mol. The molecule has 1 fully saturated rings. The van der Waals surface area contributed by atoms with Crippen molar-refractivity contribution in [3.05, 3.63) is 35.9 Å². The van der Waals surface area contributed by atoms with Crippen LogP contribution in [0.25, 0.3) is 0 Å². The van der Waals surface area contributed by atoms with E-state index in [1.54, 1.807) is 0 Å². The van der Waals surface area contributed by atoms with Gasteiger partial charge in [-0.1, -0.05) is 30.3 Å². The number of hydrogen-bond donors (Lipinski definition) is 1. The van der Waals surface area contributed by atoms with Crippen LogP contribution in [0, 0.1) is 0 Å². The summed E-state index contributed by atoms with van der Waals surface area (Å²) in [7, 11) is 0. The van der Waals surface area contributed by atoms with Gasteiger partial charge in [0.25, 0.3) is 0 Å². The van der Waals surface area contributed by atoms with Gasteiger partial charge in [0.2, 0.25) is 0 Å². The molecule has 0 radical (unpaired) electrons. The van der Waals surface area contributed by atoms with E-state index in [0.29, 0.717) is 5.25 Å². The zero-order chi connectivity index (χ0) is 8.23. The lowest BCUT2D eigenvalue weighted by atomic mass is 10.1. The molecule has 0 unspecified atom stereocenters. The number of hydrogen-bond acceptors (Lipinski definition) is 2. The molecule has 1 aromatic rings. The first-order chi connectivity index (χ1) is 5.97. The van der Waals surface area contributed by atoms with Gasteiger partial charge < -0.3 is 5.32 Å². The van der Waals surface area contributed by atoms with Crippen LogP contribution in [0.2, 0.25) is 0 Å². The van der Waals surface area contributed by atoms with E-state index in [1.807, 2.05) is 0 Å². The first-order valence-electron chi connectivity index (χ1n) is 4.34. The van der Waals surface area contributed by atoms with E-state index in [-0.39, 0.29) is 0 Å². The Morgan fingerprint density at radius 1 is 1.25 bits per heavy atom. The van der Waals surface area contributed by atoms with Crippen molar-refractivity contribution in [2.24, 2.45) is 0 Å². The minimum Gasteiger partial charge on any atom is -0.314 e. The van der Waals surface area contributed by atoms with Crippen molar-refractivity contribution in [1.82, 2.24) is 5.32 Å². The van der Waals surface area contributed by atoms with Gasteiger partial charge in [0.1, 0.15) is 0 Å². The summed E-state index contributed by atoms with van der Waals surface area (Å²) in [6.07, 6.45) is 0. The number of rotatable bonds is 1. The Morgan fingerprint density at radius 2 is 2.08 bits per heavy atom. The number of thioether (sulfide) groups is 1. The monoisotopic (exact) mass is 179 g/mol. The molecular formula is C10H13NS. The van der Waals surface area contributed by atoms with E-state index in [9.17, 15) is 0 Å². The van der Waals surface area contributed by atoms with Crippen LogP contribution in [-0.4, -0.2) is 18.8 Å². The molecule has 1 aliphatic rings. The summed E-state index contributed by atoms with van der Waals surface area (Å²) in [6.45, 7) is 2.28. The predicted octanol–water partition coefficient (Wildman–Crippen LogP) is 2.06. The lowest BCUT2D eigenvalue weighted by molar-refractivity contribution is 0.689. The summed E-state index contributed by atoms with van der Waals surface area (Å²) in [5.41, 5.74) is 1.45. The van der Waals surface area contributed by atoms with Crippen LogP contribution < -0.4 is 5.32 Å². The van der Waals surface area contributed by atoms with E-state index >= 15 is 0 Å². The molecule has 0 spiro atoms. The third-order valence-corrected chi connectivity index (χ3v) is 3.38. The van der Waals surface area contributed by atoms with Gasteiger partial charge in [-0.2, -0.15) is 11.8 Å². The second-order valence-corrected chi connectivity index (χ2v) is 4.28. The first-order valence-corrected chi connectivity index (χ1v) is 5.39. The standard InChI is InChI=1S/C10H13NS/c1-2-4-9(5-3-1)10-8-11-6-7-12-10/h1-5,10-11H,6-8H2/t10-/m1/s1. The highest BCUT2D eigenvalue weighted by atomic mass is 32.2. The third-order valence-electron chi connectivity index (χ3n) is 2.10. The normalized spacial score (nSPS) is 23.8. The van der Waals surface area contributed by atoms with Gasteiger partial charge in [-0.05, 0) is 5.56 Å². The molecule has 64 valence electrons. The highest BCUT2D eigenvalue weighted by molar-refractivity contribution is 7.99. The average molecular weight is 179 g/mol. The molecule has 1 aliphatic heterocycles. The molecule has 0 aromatic heterocycles. The van der Waals surface area contributed by atoms with Crippen molar-refractivity contribution in [1.29, 1.82) is 0 Å². The van der Waals surface area contributed by atoms with Crippen molar-refractivity contribution in [3.8, 4) is 0 Å². The molecule has 0 amide bonds. The largest absolute Gasteiger partial charge is 0.314 e. The van der Waals surface area contributed by atoms with Gasteiger partial charge >= 0.3 is 0 Å². The fourth-order valence-electron chi connectivity index (χ4n) is 1.45. The molecule has 0 aliphatic carbocycles. The van der Waals surface area contributed by atoms with E-state index in [1.165, 1.54) is 11.3 Å². The fraction of sp³-hybridized carbons (Fsp3) is 0.400. The zero-order valence-electron chi connectivity index (χ0n) is 6.99. The van der Waals surface area contributed by atoms with Crippen LogP contribution in [0.3, 0.4) is 0 Å². The lowest BCUT2D eigenvalue weighted by Crippen LogP contribution is -2.27. The average Bonchev–Trinajstić information content (AvgIpc) is 2.21.